The molecule has 0 bridgehead atoms. The Labute approximate surface area is 162 Å². The van der Waals surface area contributed by atoms with Crippen LogP contribution in [0.2, 0.25) is 0 Å². The van der Waals surface area contributed by atoms with Gasteiger partial charge in [0, 0.05) is 25.1 Å². The van der Waals surface area contributed by atoms with Gasteiger partial charge in [-0.1, -0.05) is 31.3 Å². The maximum absolute atomic E-state index is 13.0. The number of anilines is 1. The molecular formula is C20H34N4O3. The number of nitrogens with zero attached hydrogens (tertiary/aromatic N) is 2. The number of carbonyl (C=O) groups is 2. The van der Waals surface area contributed by atoms with Gasteiger partial charge in [-0.2, -0.15) is 0 Å². The summed E-state index contributed by atoms with van der Waals surface area (Å²) in [5, 5.41) is 6.75. The molecule has 1 fully saturated rings. The third kappa shape index (κ3) is 6.06. The monoisotopic (exact) mass is 378 g/mol. The molecule has 27 heavy (non-hydrogen) atoms. The average Bonchev–Trinajstić information content (AvgIpc) is 3.09. The molecule has 0 saturated heterocycles. The van der Waals surface area contributed by atoms with Crippen molar-refractivity contribution in [3.8, 4) is 0 Å². The molecule has 1 aromatic heterocycles. The van der Waals surface area contributed by atoms with E-state index in [4.69, 9.17) is 10.3 Å². The van der Waals surface area contributed by atoms with E-state index in [1.54, 1.807) is 0 Å². The summed E-state index contributed by atoms with van der Waals surface area (Å²) in [5.74, 6) is 0.629. The van der Waals surface area contributed by atoms with Gasteiger partial charge in [0.1, 0.15) is 0 Å². The first-order chi connectivity index (χ1) is 13.1. The molecule has 2 rings (SSSR count). The van der Waals surface area contributed by atoms with E-state index < -0.39 is 0 Å². The van der Waals surface area contributed by atoms with Crippen molar-refractivity contribution in [2.75, 3.05) is 25.0 Å². The molecule has 0 radical (unpaired) electrons. The summed E-state index contributed by atoms with van der Waals surface area (Å²) in [6.07, 6.45) is 8.67. The van der Waals surface area contributed by atoms with Gasteiger partial charge in [0.05, 0.1) is 0 Å². The van der Waals surface area contributed by atoms with Crippen molar-refractivity contribution in [2.24, 2.45) is 11.7 Å². The molecule has 3 N–H and O–H groups in total. The highest BCUT2D eigenvalue weighted by Crippen LogP contribution is 2.26. The van der Waals surface area contributed by atoms with E-state index in [0.29, 0.717) is 49.0 Å². The minimum Gasteiger partial charge on any atom is -0.337 e. The summed E-state index contributed by atoms with van der Waals surface area (Å²) < 4.78 is 5.32. The molecule has 152 valence electrons. The number of carbonyl (C=O) groups excluding carboxylic acids is 2. The molecule has 0 aromatic carbocycles. The van der Waals surface area contributed by atoms with E-state index in [-0.39, 0.29) is 11.8 Å². The number of nitrogens with two attached hydrogens (primary N) is 1. The molecule has 0 unspecified atom stereocenters. The van der Waals surface area contributed by atoms with Crippen LogP contribution in [0.25, 0.3) is 0 Å². The van der Waals surface area contributed by atoms with Gasteiger partial charge in [-0.25, -0.2) is 0 Å². The molecule has 0 spiro atoms. The SMILES string of the molecule is CCc1c(C(=O)N(CC)CC2CCCCC2)noc1NC(=O)CCCCN. The lowest BCUT2D eigenvalue weighted by Crippen LogP contribution is -2.36. The molecule has 1 aliphatic rings. The van der Waals surface area contributed by atoms with Crippen molar-refractivity contribution in [2.45, 2.75) is 71.6 Å². The molecule has 0 aliphatic heterocycles. The fourth-order valence-electron chi connectivity index (χ4n) is 3.71. The maximum atomic E-state index is 13.0. The number of hydrogen-bond donors (Lipinski definition) is 2. The smallest absolute Gasteiger partial charge is 0.276 e. The van der Waals surface area contributed by atoms with Crippen molar-refractivity contribution in [3.63, 3.8) is 0 Å². The number of amides is 2. The first-order valence-corrected chi connectivity index (χ1v) is 10.4. The van der Waals surface area contributed by atoms with Crippen molar-refractivity contribution < 1.29 is 14.1 Å². The summed E-state index contributed by atoms with van der Waals surface area (Å²) in [4.78, 5) is 26.9. The Bertz CT molecular complexity index is 608. The second-order valence-corrected chi connectivity index (χ2v) is 7.33. The molecule has 1 aromatic rings. The highest BCUT2D eigenvalue weighted by atomic mass is 16.5. The lowest BCUT2D eigenvalue weighted by molar-refractivity contribution is -0.116. The van der Waals surface area contributed by atoms with Gasteiger partial charge in [-0.3, -0.25) is 14.9 Å². The molecule has 7 nitrogen and oxygen atoms in total. The van der Waals surface area contributed by atoms with Gasteiger partial charge < -0.3 is 15.2 Å². The first kappa shape index (κ1) is 21.4. The van der Waals surface area contributed by atoms with Gasteiger partial charge in [-0.05, 0) is 51.5 Å². The zero-order chi connectivity index (χ0) is 19.6. The molecule has 1 aliphatic carbocycles. The van der Waals surface area contributed by atoms with E-state index in [2.05, 4.69) is 10.5 Å². The number of rotatable bonds is 10. The quantitative estimate of drug-likeness (QED) is 0.608. The second kappa shape index (κ2) is 11.1. The van der Waals surface area contributed by atoms with Gasteiger partial charge in [-0.15, -0.1) is 0 Å². The van der Waals surface area contributed by atoms with Crippen LogP contribution in [0.3, 0.4) is 0 Å². The van der Waals surface area contributed by atoms with Crippen LogP contribution < -0.4 is 11.1 Å². The predicted molar refractivity (Wildman–Crippen MR) is 106 cm³/mol. The largest absolute Gasteiger partial charge is 0.337 e. The summed E-state index contributed by atoms with van der Waals surface area (Å²) in [6, 6.07) is 0. The summed E-state index contributed by atoms with van der Waals surface area (Å²) in [5.41, 5.74) is 6.46. The minimum atomic E-state index is -0.136. The Kier molecular flexibility index (Phi) is 8.78. The number of nitrogens with one attached hydrogen (secondary N) is 1. The van der Waals surface area contributed by atoms with E-state index in [1.165, 1.54) is 32.1 Å². The Hall–Kier alpha value is -1.89. The Morgan fingerprint density at radius 1 is 1.22 bits per heavy atom. The third-order valence-corrected chi connectivity index (χ3v) is 5.33. The highest BCUT2D eigenvalue weighted by molar-refractivity contribution is 5.97. The second-order valence-electron chi connectivity index (χ2n) is 7.33. The van der Waals surface area contributed by atoms with Gasteiger partial charge in [0.25, 0.3) is 5.91 Å². The number of aromatic nitrogens is 1. The molecule has 1 saturated carbocycles. The highest BCUT2D eigenvalue weighted by Gasteiger charge is 2.27. The van der Waals surface area contributed by atoms with Gasteiger partial charge in [0.2, 0.25) is 11.8 Å². The van der Waals surface area contributed by atoms with Gasteiger partial charge in [0.15, 0.2) is 5.69 Å². The number of unbranched alkanes of at least 4 members (excludes halogenated alkanes) is 1. The first-order valence-electron chi connectivity index (χ1n) is 10.4. The van der Waals surface area contributed by atoms with Crippen molar-refractivity contribution in [1.82, 2.24) is 10.1 Å². The molecular weight excluding hydrogens is 344 g/mol. The van der Waals surface area contributed by atoms with E-state index in [9.17, 15) is 9.59 Å². The van der Waals surface area contributed by atoms with E-state index in [0.717, 1.165) is 19.4 Å². The van der Waals surface area contributed by atoms with Crippen molar-refractivity contribution >= 4 is 17.7 Å². The summed E-state index contributed by atoms with van der Waals surface area (Å²) in [7, 11) is 0. The lowest BCUT2D eigenvalue weighted by atomic mass is 9.89. The normalized spacial score (nSPS) is 14.9. The fraction of sp³-hybridized carbons (Fsp3) is 0.750. The van der Waals surface area contributed by atoms with Crippen molar-refractivity contribution in [1.29, 1.82) is 0 Å². The zero-order valence-electron chi connectivity index (χ0n) is 16.8. The van der Waals surface area contributed by atoms with Crippen LogP contribution >= 0.6 is 0 Å². The topological polar surface area (TPSA) is 101 Å². The van der Waals surface area contributed by atoms with Crippen LogP contribution in [0.1, 0.15) is 81.3 Å². The molecule has 0 atom stereocenters. The standard InChI is InChI=1S/C20H34N4O3/c1-3-16-18(23-27-19(16)22-17(25)12-8-9-13-21)20(26)24(4-2)14-15-10-6-5-7-11-15/h15H,3-14,21H2,1-2H3,(H,22,25). The Morgan fingerprint density at radius 2 is 1.96 bits per heavy atom. The van der Waals surface area contributed by atoms with Gasteiger partial charge >= 0.3 is 0 Å². The summed E-state index contributed by atoms with van der Waals surface area (Å²) in [6.45, 7) is 5.91. The Balaban J connectivity index is 2.04. The predicted octanol–water partition coefficient (Wildman–Crippen LogP) is 3.35. The van der Waals surface area contributed by atoms with Crippen LogP contribution in [0.5, 0.6) is 0 Å². The third-order valence-electron chi connectivity index (χ3n) is 5.33. The number of hydrogen-bond acceptors (Lipinski definition) is 5. The van der Waals surface area contributed by atoms with Crippen LogP contribution in [-0.2, 0) is 11.2 Å². The van der Waals surface area contributed by atoms with Crippen LogP contribution in [0, 0.1) is 5.92 Å². The van der Waals surface area contributed by atoms with Crippen LogP contribution in [-0.4, -0.2) is 41.5 Å². The fourth-order valence-corrected chi connectivity index (χ4v) is 3.71. The Morgan fingerprint density at radius 3 is 2.59 bits per heavy atom. The maximum Gasteiger partial charge on any atom is 0.276 e. The molecule has 2 amide bonds. The molecule has 7 heteroatoms. The summed E-state index contributed by atoms with van der Waals surface area (Å²) >= 11 is 0. The zero-order valence-corrected chi connectivity index (χ0v) is 16.8. The van der Waals surface area contributed by atoms with E-state index in [1.807, 2.05) is 18.7 Å². The van der Waals surface area contributed by atoms with E-state index >= 15 is 0 Å². The lowest BCUT2D eigenvalue weighted by Gasteiger charge is -2.28. The van der Waals surface area contributed by atoms with Crippen LogP contribution in [0.4, 0.5) is 5.88 Å². The molecule has 1 heterocycles. The average molecular weight is 379 g/mol. The van der Waals surface area contributed by atoms with Crippen molar-refractivity contribution in [3.05, 3.63) is 11.3 Å². The minimum absolute atomic E-state index is 0.104. The van der Waals surface area contributed by atoms with Crippen LogP contribution in [0.15, 0.2) is 4.52 Å².